The number of aliphatic hydroxyl groups excluding tert-OH is 1. The van der Waals surface area contributed by atoms with Gasteiger partial charge in [-0.1, -0.05) is 6.07 Å². The van der Waals surface area contributed by atoms with E-state index in [0.29, 0.717) is 0 Å². The van der Waals surface area contributed by atoms with E-state index in [2.05, 4.69) is 25.3 Å². The molecule has 0 fully saturated rings. The number of aromatic nitrogens is 2. The van der Waals surface area contributed by atoms with Gasteiger partial charge in [-0.2, -0.15) is 0 Å². The van der Waals surface area contributed by atoms with E-state index < -0.39 is 12.0 Å². The summed E-state index contributed by atoms with van der Waals surface area (Å²) < 4.78 is 23.2. The van der Waals surface area contributed by atoms with Crippen LogP contribution >= 0.6 is 0 Å². The molecule has 0 saturated heterocycles. The van der Waals surface area contributed by atoms with Crippen molar-refractivity contribution in [1.82, 2.24) is 21.1 Å². The number of ether oxygens (including phenoxy) is 1. The van der Waals surface area contributed by atoms with Gasteiger partial charge in [0.1, 0.15) is 5.82 Å². The molecule has 11 heteroatoms. The second kappa shape index (κ2) is 8.76. The molecule has 10 nitrogen and oxygen atoms in total. The Balaban J connectivity index is 1.61. The van der Waals surface area contributed by atoms with Crippen LogP contribution in [0.1, 0.15) is 29.7 Å². The molecule has 0 saturated carbocycles. The van der Waals surface area contributed by atoms with E-state index in [4.69, 9.17) is 9.84 Å². The molecule has 1 amide bonds. The Bertz CT molecular complexity index is 869. The van der Waals surface area contributed by atoms with Crippen LogP contribution in [0.2, 0.25) is 0 Å². The summed E-state index contributed by atoms with van der Waals surface area (Å²) in [4.78, 5) is 15.9. The topological polar surface area (TPSA) is 142 Å². The lowest BCUT2D eigenvalue weighted by Crippen LogP contribution is -2.34. The Morgan fingerprint density at radius 2 is 2.32 bits per heavy atom. The maximum Gasteiger partial charge on any atom is 0.287 e. The number of aliphatic imine (C=N–C) groups is 1. The smallest absolute Gasteiger partial charge is 0.287 e. The van der Waals surface area contributed by atoms with Gasteiger partial charge in [0.05, 0.1) is 6.10 Å². The predicted octanol–water partition coefficient (Wildman–Crippen LogP) is 0.150. The number of halogens is 1. The van der Waals surface area contributed by atoms with E-state index in [1.807, 2.05) is 5.48 Å². The molecule has 2 atom stereocenters. The van der Waals surface area contributed by atoms with Crippen LogP contribution in [-0.4, -0.2) is 58.2 Å². The number of fused-ring (bicyclic) bond motifs is 1. The number of nitrogens with one attached hydrogen (secondary N) is 2. The van der Waals surface area contributed by atoms with Crippen molar-refractivity contribution in [3.63, 3.8) is 0 Å². The van der Waals surface area contributed by atoms with Gasteiger partial charge in [0.15, 0.2) is 12.4 Å². The first-order valence-corrected chi connectivity index (χ1v) is 8.61. The molecule has 1 aromatic carbocycles. The first kappa shape index (κ1) is 19.7. The van der Waals surface area contributed by atoms with Gasteiger partial charge >= 0.3 is 0 Å². The molecule has 1 aromatic heterocycles. The number of rotatable bonds is 8. The quantitative estimate of drug-likeness (QED) is 0.282. The molecular formula is C17H20FN5O5. The number of aliphatic hydroxyl groups is 1. The average Bonchev–Trinajstić information content (AvgIpc) is 3.12. The second-order valence-electron chi connectivity index (χ2n) is 6.41. The van der Waals surface area contributed by atoms with Gasteiger partial charge in [-0.3, -0.25) is 20.5 Å². The summed E-state index contributed by atoms with van der Waals surface area (Å²) in [5.74, 6) is -0.945. The largest absolute Gasteiger partial charge is 0.464 e. The third-order valence-corrected chi connectivity index (χ3v) is 4.21. The molecular weight excluding hydrogens is 373 g/mol. The van der Waals surface area contributed by atoms with E-state index in [9.17, 15) is 14.4 Å². The zero-order valence-corrected chi connectivity index (χ0v) is 15.1. The van der Waals surface area contributed by atoms with Crippen molar-refractivity contribution in [2.24, 2.45) is 4.99 Å². The van der Waals surface area contributed by atoms with Crippen molar-refractivity contribution in [3.8, 4) is 5.88 Å². The third kappa shape index (κ3) is 4.61. The van der Waals surface area contributed by atoms with Crippen LogP contribution < -0.4 is 15.5 Å². The van der Waals surface area contributed by atoms with Gasteiger partial charge in [0.2, 0.25) is 5.69 Å². The summed E-state index contributed by atoms with van der Waals surface area (Å²) in [5.41, 5.74) is 3.85. The minimum Gasteiger partial charge on any atom is -0.464 e. The van der Waals surface area contributed by atoms with E-state index in [-0.39, 0.29) is 48.8 Å². The summed E-state index contributed by atoms with van der Waals surface area (Å²) in [6.07, 6.45) is 0.0671. The van der Waals surface area contributed by atoms with Crippen LogP contribution in [0.4, 0.5) is 4.39 Å². The lowest BCUT2D eigenvalue weighted by atomic mass is 9.77. The number of nitrogens with zero attached hydrogens (tertiary/aromatic N) is 3. The molecule has 2 aromatic rings. The molecule has 0 radical (unpaired) electrons. The molecule has 1 heterocycles. The highest BCUT2D eigenvalue weighted by atomic mass is 19.1. The number of carbonyl (C=O) groups is 1. The average molecular weight is 393 g/mol. The Morgan fingerprint density at radius 1 is 1.50 bits per heavy atom. The number of amidine groups is 1. The summed E-state index contributed by atoms with van der Waals surface area (Å²) in [5, 5.41) is 28.1. The highest BCUT2D eigenvalue weighted by Crippen LogP contribution is 2.35. The van der Waals surface area contributed by atoms with Crippen molar-refractivity contribution in [1.29, 1.82) is 0 Å². The fourth-order valence-corrected chi connectivity index (χ4v) is 2.77. The van der Waals surface area contributed by atoms with E-state index >= 15 is 0 Å². The highest BCUT2D eigenvalue weighted by molar-refractivity contribution is 5.98. The zero-order valence-electron chi connectivity index (χ0n) is 15.1. The number of carbonyl (C=O) groups excluding carboxylic acids is 1. The zero-order chi connectivity index (χ0) is 20.1. The number of amides is 1. The maximum absolute atomic E-state index is 13.4. The van der Waals surface area contributed by atoms with Gasteiger partial charge in [0, 0.05) is 19.0 Å². The molecule has 1 aliphatic carbocycles. The Kier molecular flexibility index (Phi) is 6.16. The van der Waals surface area contributed by atoms with Crippen LogP contribution in [0, 0.1) is 5.82 Å². The summed E-state index contributed by atoms with van der Waals surface area (Å²) in [7, 11) is 0. The van der Waals surface area contributed by atoms with E-state index in [1.165, 1.54) is 19.1 Å². The van der Waals surface area contributed by atoms with Gasteiger partial charge < -0.3 is 15.2 Å². The Labute approximate surface area is 159 Å². The number of benzene rings is 1. The molecule has 0 spiro atoms. The van der Waals surface area contributed by atoms with Crippen molar-refractivity contribution in [3.05, 3.63) is 40.8 Å². The molecule has 1 aliphatic rings. The molecule has 0 bridgehead atoms. The molecule has 3 rings (SSSR count). The van der Waals surface area contributed by atoms with Gasteiger partial charge in [0.25, 0.3) is 11.8 Å². The summed E-state index contributed by atoms with van der Waals surface area (Å²) >= 11 is 0. The maximum atomic E-state index is 13.4. The number of hydrogen-bond donors (Lipinski definition) is 4. The Hall–Kier alpha value is -3.05. The van der Waals surface area contributed by atoms with Gasteiger partial charge in [-0.15, -0.1) is 0 Å². The molecule has 1 unspecified atom stereocenters. The van der Waals surface area contributed by atoms with Crippen LogP contribution in [0.15, 0.2) is 27.8 Å². The summed E-state index contributed by atoms with van der Waals surface area (Å²) in [6.45, 7) is 1.51. The van der Waals surface area contributed by atoms with Gasteiger partial charge in [-0.05, 0) is 46.9 Å². The van der Waals surface area contributed by atoms with Gasteiger partial charge in [-0.25, -0.2) is 9.02 Å². The van der Waals surface area contributed by atoms with Crippen molar-refractivity contribution in [2.45, 2.75) is 25.4 Å². The number of hydrogen-bond acceptors (Lipinski definition) is 8. The van der Waals surface area contributed by atoms with E-state index in [0.717, 1.165) is 17.5 Å². The summed E-state index contributed by atoms with van der Waals surface area (Å²) in [6, 6.07) is 4.64. The lowest BCUT2D eigenvalue weighted by Gasteiger charge is -2.28. The highest BCUT2D eigenvalue weighted by Gasteiger charge is 2.27. The van der Waals surface area contributed by atoms with E-state index in [1.54, 1.807) is 6.07 Å². The third-order valence-electron chi connectivity index (χ3n) is 4.21. The Morgan fingerprint density at radius 3 is 3.07 bits per heavy atom. The second-order valence-corrected chi connectivity index (χ2v) is 6.41. The van der Waals surface area contributed by atoms with Crippen LogP contribution in [0.3, 0.4) is 0 Å². The normalized spacial score (nSPS) is 16.7. The minimum atomic E-state index is -0.685. The number of hydroxylamine groups is 1. The lowest BCUT2D eigenvalue weighted by molar-refractivity contribution is -0.123. The van der Waals surface area contributed by atoms with Crippen molar-refractivity contribution < 1.29 is 28.9 Å². The molecule has 0 aliphatic heterocycles. The molecule has 28 heavy (non-hydrogen) atoms. The van der Waals surface area contributed by atoms with Crippen molar-refractivity contribution >= 4 is 11.7 Å². The van der Waals surface area contributed by atoms with Crippen LogP contribution in [-0.2, 0) is 11.2 Å². The SMILES string of the molecule is C[C@@H](O)CNC(=O)COc1nonc1C(=NCC1Cc2ccc(F)cc21)NO. The first-order chi connectivity index (χ1) is 13.5. The molecule has 150 valence electrons. The fourth-order valence-electron chi connectivity index (χ4n) is 2.77. The fraction of sp³-hybridized carbons (Fsp3) is 0.412. The monoisotopic (exact) mass is 393 g/mol. The van der Waals surface area contributed by atoms with Crippen LogP contribution in [0.25, 0.3) is 0 Å². The van der Waals surface area contributed by atoms with Crippen LogP contribution in [0.5, 0.6) is 5.88 Å². The molecule has 4 N–H and O–H groups in total. The first-order valence-electron chi connectivity index (χ1n) is 8.61. The standard InChI is InChI=1S/C17H20FN5O5/c1-9(24)6-19-14(25)8-27-17-15(22-28-23-17)16(21-26)20-7-11-4-10-2-3-12(18)5-13(10)11/h2-3,5,9,11,24,26H,4,6-8H2,1H3,(H,19,25)(H,20,21)/t9-,11?/m1/s1. The minimum absolute atomic E-state index is 0.00962. The predicted molar refractivity (Wildman–Crippen MR) is 93.7 cm³/mol. The van der Waals surface area contributed by atoms with Crippen molar-refractivity contribution in [2.75, 3.05) is 19.7 Å².